The Bertz CT molecular complexity index is 202. The standard InChI is InChI=1S/C9H14O3/c1-5-7-4-12-9(11)3-6(7)2-8(5)10/h5-8,10H,2-4H2,1H3/t5-,6-,7-,8-/m1/s1. The molecule has 0 unspecified atom stereocenters. The summed E-state index contributed by atoms with van der Waals surface area (Å²) in [6.45, 7) is 2.55. The van der Waals surface area contributed by atoms with E-state index in [2.05, 4.69) is 0 Å². The summed E-state index contributed by atoms with van der Waals surface area (Å²) in [4.78, 5) is 10.9. The SMILES string of the molecule is C[C@@H]1[C@H]2COC(=O)C[C@H]2C[C@H]1O. The number of aliphatic hydroxyl groups excluding tert-OH is 1. The van der Waals surface area contributed by atoms with Crippen molar-refractivity contribution < 1.29 is 14.6 Å². The van der Waals surface area contributed by atoms with Gasteiger partial charge in [-0.3, -0.25) is 4.79 Å². The van der Waals surface area contributed by atoms with E-state index in [0.717, 1.165) is 6.42 Å². The minimum absolute atomic E-state index is 0.0995. The van der Waals surface area contributed by atoms with Crippen LogP contribution in [0.15, 0.2) is 0 Å². The lowest BCUT2D eigenvalue weighted by atomic mass is 9.87. The molecule has 1 N–H and O–H groups in total. The van der Waals surface area contributed by atoms with Crippen molar-refractivity contribution in [3.8, 4) is 0 Å². The number of aliphatic hydroxyl groups is 1. The Morgan fingerprint density at radius 3 is 3.08 bits per heavy atom. The maximum atomic E-state index is 10.9. The van der Waals surface area contributed by atoms with Crippen LogP contribution in [0.5, 0.6) is 0 Å². The van der Waals surface area contributed by atoms with Gasteiger partial charge in [0.1, 0.15) is 0 Å². The van der Waals surface area contributed by atoms with Gasteiger partial charge < -0.3 is 9.84 Å². The number of hydrogen-bond donors (Lipinski definition) is 1. The van der Waals surface area contributed by atoms with E-state index in [4.69, 9.17) is 4.74 Å². The molecule has 68 valence electrons. The minimum Gasteiger partial charge on any atom is -0.465 e. The Balaban J connectivity index is 2.09. The third-order valence-electron chi connectivity index (χ3n) is 3.30. The highest BCUT2D eigenvalue weighted by molar-refractivity contribution is 5.70. The van der Waals surface area contributed by atoms with Crippen LogP contribution in [-0.2, 0) is 9.53 Å². The second-order valence-corrected chi connectivity index (χ2v) is 3.97. The highest BCUT2D eigenvalue weighted by Gasteiger charge is 2.43. The van der Waals surface area contributed by atoms with Crippen LogP contribution in [0, 0.1) is 17.8 Å². The molecule has 2 aliphatic rings. The zero-order chi connectivity index (χ0) is 8.72. The molecule has 1 saturated heterocycles. The van der Waals surface area contributed by atoms with Crippen LogP contribution in [0.25, 0.3) is 0 Å². The zero-order valence-corrected chi connectivity index (χ0v) is 7.19. The third kappa shape index (κ3) is 1.12. The van der Waals surface area contributed by atoms with Crippen LogP contribution >= 0.6 is 0 Å². The van der Waals surface area contributed by atoms with E-state index in [1.165, 1.54) is 0 Å². The average molecular weight is 170 g/mol. The number of carbonyl (C=O) groups is 1. The number of hydrogen-bond acceptors (Lipinski definition) is 3. The number of esters is 1. The largest absolute Gasteiger partial charge is 0.465 e. The first-order valence-corrected chi connectivity index (χ1v) is 4.52. The average Bonchev–Trinajstić information content (AvgIpc) is 2.28. The van der Waals surface area contributed by atoms with E-state index in [1.54, 1.807) is 0 Å². The summed E-state index contributed by atoms with van der Waals surface area (Å²) in [7, 11) is 0. The molecule has 0 bridgehead atoms. The van der Waals surface area contributed by atoms with Crippen LogP contribution in [0.2, 0.25) is 0 Å². The van der Waals surface area contributed by atoms with Gasteiger partial charge in [-0.15, -0.1) is 0 Å². The van der Waals surface area contributed by atoms with Crippen molar-refractivity contribution in [1.82, 2.24) is 0 Å². The number of carbonyl (C=O) groups excluding carboxylic acids is 1. The molecule has 3 nitrogen and oxygen atoms in total. The molecule has 0 spiro atoms. The molecular formula is C9H14O3. The number of rotatable bonds is 0. The Kier molecular flexibility index (Phi) is 1.83. The summed E-state index contributed by atoms with van der Waals surface area (Å²) >= 11 is 0. The van der Waals surface area contributed by atoms with Crippen molar-refractivity contribution in [1.29, 1.82) is 0 Å². The predicted molar refractivity (Wildman–Crippen MR) is 42.3 cm³/mol. The van der Waals surface area contributed by atoms with Crippen LogP contribution in [0.4, 0.5) is 0 Å². The van der Waals surface area contributed by atoms with Crippen molar-refractivity contribution >= 4 is 5.97 Å². The Hall–Kier alpha value is -0.570. The third-order valence-corrected chi connectivity index (χ3v) is 3.30. The maximum absolute atomic E-state index is 10.9. The molecule has 0 aromatic rings. The molecule has 2 rings (SSSR count). The summed E-state index contributed by atoms with van der Waals surface area (Å²) < 4.78 is 4.96. The maximum Gasteiger partial charge on any atom is 0.306 e. The Morgan fingerprint density at radius 2 is 2.33 bits per heavy atom. The normalized spacial score (nSPS) is 47.0. The highest BCUT2D eigenvalue weighted by atomic mass is 16.5. The van der Waals surface area contributed by atoms with Gasteiger partial charge in [0.25, 0.3) is 0 Å². The Morgan fingerprint density at radius 1 is 1.58 bits per heavy atom. The lowest BCUT2D eigenvalue weighted by molar-refractivity contribution is -0.152. The monoisotopic (exact) mass is 170 g/mol. The van der Waals surface area contributed by atoms with Gasteiger partial charge in [0.2, 0.25) is 0 Å². The van der Waals surface area contributed by atoms with Crippen molar-refractivity contribution in [3.05, 3.63) is 0 Å². The van der Waals surface area contributed by atoms with Gasteiger partial charge in [-0.05, 0) is 18.3 Å². The van der Waals surface area contributed by atoms with Gasteiger partial charge in [0, 0.05) is 12.3 Å². The fourth-order valence-corrected chi connectivity index (χ4v) is 2.40. The van der Waals surface area contributed by atoms with Crippen molar-refractivity contribution in [2.24, 2.45) is 17.8 Å². The molecule has 0 aromatic carbocycles. The van der Waals surface area contributed by atoms with E-state index >= 15 is 0 Å². The predicted octanol–water partition coefficient (Wildman–Crippen LogP) is 0.566. The summed E-state index contributed by atoms with van der Waals surface area (Å²) in [6.07, 6.45) is 1.06. The summed E-state index contributed by atoms with van der Waals surface area (Å²) in [5, 5.41) is 9.55. The molecule has 0 amide bonds. The highest BCUT2D eigenvalue weighted by Crippen LogP contribution is 2.41. The molecule has 0 aromatic heterocycles. The van der Waals surface area contributed by atoms with Crippen LogP contribution < -0.4 is 0 Å². The lowest BCUT2D eigenvalue weighted by Crippen LogP contribution is -2.30. The molecule has 1 aliphatic carbocycles. The molecule has 1 aliphatic heterocycles. The molecule has 1 heterocycles. The summed E-state index contributed by atoms with van der Waals surface area (Å²) in [5.74, 6) is 0.967. The topological polar surface area (TPSA) is 46.5 Å². The number of ether oxygens (including phenoxy) is 1. The minimum atomic E-state index is -0.227. The number of cyclic esters (lactones) is 1. The molecule has 0 radical (unpaired) electrons. The van der Waals surface area contributed by atoms with Gasteiger partial charge in [-0.2, -0.15) is 0 Å². The molecule has 2 fully saturated rings. The fourth-order valence-electron chi connectivity index (χ4n) is 2.40. The van der Waals surface area contributed by atoms with Gasteiger partial charge in [-0.25, -0.2) is 0 Å². The smallest absolute Gasteiger partial charge is 0.306 e. The van der Waals surface area contributed by atoms with Gasteiger partial charge in [-0.1, -0.05) is 6.92 Å². The van der Waals surface area contributed by atoms with E-state index in [0.29, 0.717) is 30.8 Å². The van der Waals surface area contributed by atoms with Crippen LogP contribution in [-0.4, -0.2) is 23.8 Å². The van der Waals surface area contributed by atoms with E-state index in [9.17, 15) is 9.90 Å². The van der Waals surface area contributed by atoms with E-state index < -0.39 is 0 Å². The van der Waals surface area contributed by atoms with Crippen molar-refractivity contribution in [3.63, 3.8) is 0 Å². The summed E-state index contributed by atoms with van der Waals surface area (Å²) in [6, 6.07) is 0. The number of fused-ring (bicyclic) bond motifs is 1. The second kappa shape index (κ2) is 2.73. The summed E-state index contributed by atoms with van der Waals surface area (Å²) in [5.41, 5.74) is 0. The van der Waals surface area contributed by atoms with E-state index in [1.807, 2.05) is 6.92 Å². The molecule has 4 atom stereocenters. The first-order chi connectivity index (χ1) is 5.68. The first-order valence-electron chi connectivity index (χ1n) is 4.52. The zero-order valence-electron chi connectivity index (χ0n) is 7.19. The van der Waals surface area contributed by atoms with Crippen LogP contribution in [0.3, 0.4) is 0 Å². The Labute approximate surface area is 71.7 Å². The molecule has 1 saturated carbocycles. The van der Waals surface area contributed by atoms with E-state index in [-0.39, 0.29) is 12.1 Å². The van der Waals surface area contributed by atoms with Crippen molar-refractivity contribution in [2.75, 3.05) is 6.61 Å². The molecular weight excluding hydrogens is 156 g/mol. The fraction of sp³-hybridized carbons (Fsp3) is 0.889. The molecule has 3 heteroatoms. The quantitative estimate of drug-likeness (QED) is 0.540. The van der Waals surface area contributed by atoms with Crippen LogP contribution in [0.1, 0.15) is 19.8 Å². The van der Waals surface area contributed by atoms with Crippen molar-refractivity contribution in [2.45, 2.75) is 25.9 Å². The van der Waals surface area contributed by atoms with Gasteiger partial charge in [0.05, 0.1) is 12.7 Å². The first kappa shape index (κ1) is 8.05. The molecule has 12 heavy (non-hydrogen) atoms. The lowest BCUT2D eigenvalue weighted by Gasteiger charge is -2.26. The second-order valence-electron chi connectivity index (χ2n) is 3.97. The van der Waals surface area contributed by atoms with Gasteiger partial charge >= 0.3 is 5.97 Å². The van der Waals surface area contributed by atoms with Gasteiger partial charge in [0.15, 0.2) is 0 Å².